The number of carbonyl (C=O) groups is 1. The highest BCUT2D eigenvalue weighted by Gasteiger charge is 2.06. The minimum Gasteiger partial charge on any atom is -0.480 e. The number of carbonyl (C=O) groups excluding carboxylic acids is 1. The molecule has 0 aromatic carbocycles. The fourth-order valence-corrected chi connectivity index (χ4v) is 2.39. The molecule has 2 aromatic rings. The standard InChI is InChI=1S/C5H9BN2O2S.C5H6N2OS/c1-6(9)8-5-7-4(10-2)3-11-5;1-3(8)4-2-9-5(6)7-4/h3,9H,1-2H3,(H,7,8);2H,1H3,(H2,6,7). The number of ketones is 1. The lowest BCUT2D eigenvalue weighted by Gasteiger charge is -1.98. The Morgan fingerprint density at radius 2 is 2.15 bits per heavy atom. The second kappa shape index (κ2) is 7.83. The summed E-state index contributed by atoms with van der Waals surface area (Å²) in [6.07, 6.45) is 0. The van der Waals surface area contributed by atoms with Gasteiger partial charge in [-0.05, 0) is 6.82 Å². The van der Waals surface area contributed by atoms with Crippen molar-refractivity contribution in [3.63, 3.8) is 0 Å². The van der Waals surface area contributed by atoms with Crippen LogP contribution < -0.4 is 15.7 Å². The number of Topliss-reactive ketones (excluding diaryl/α,β-unsaturated/α-hetero) is 1. The van der Waals surface area contributed by atoms with Crippen molar-refractivity contribution < 1.29 is 14.6 Å². The summed E-state index contributed by atoms with van der Waals surface area (Å²) in [5.74, 6) is 0.529. The van der Waals surface area contributed by atoms with Crippen molar-refractivity contribution in [1.82, 2.24) is 9.97 Å². The van der Waals surface area contributed by atoms with E-state index >= 15 is 0 Å². The molecule has 0 saturated heterocycles. The van der Waals surface area contributed by atoms with Crippen molar-refractivity contribution in [2.45, 2.75) is 13.7 Å². The molecule has 0 aliphatic rings. The smallest absolute Gasteiger partial charge is 0.408 e. The summed E-state index contributed by atoms with van der Waals surface area (Å²) in [6, 6.07) is 0. The number of hydrogen-bond donors (Lipinski definition) is 3. The molecule has 7 nitrogen and oxygen atoms in total. The van der Waals surface area contributed by atoms with Crippen LogP contribution in [0.1, 0.15) is 17.4 Å². The minimum atomic E-state index is -0.578. The second-order valence-corrected chi connectivity index (χ2v) is 5.39. The highest BCUT2D eigenvalue weighted by Crippen LogP contribution is 2.20. The molecule has 2 rings (SSSR count). The molecule has 20 heavy (non-hydrogen) atoms. The molecule has 0 spiro atoms. The second-order valence-electron chi connectivity index (χ2n) is 3.64. The van der Waals surface area contributed by atoms with Crippen LogP contribution >= 0.6 is 22.7 Å². The average Bonchev–Trinajstić information content (AvgIpc) is 2.98. The topological polar surface area (TPSA) is 110 Å². The Morgan fingerprint density at radius 1 is 1.45 bits per heavy atom. The minimum absolute atomic E-state index is 0.0389. The normalized spacial score (nSPS) is 9.40. The SMILES string of the molecule is CC(=O)c1csc(N)n1.COc1csc(NB(C)O)n1. The van der Waals surface area contributed by atoms with Gasteiger partial charge in [-0.15, -0.1) is 22.7 Å². The van der Waals surface area contributed by atoms with E-state index in [1.807, 2.05) is 0 Å². The van der Waals surface area contributed by atoms with Gasteiger partial charge in [0.25, 0.3) is 0 Å². The Balaban J connectivity index is 0.000000204. The summed E-state index contributed by atoms with van der Waals surface area (Å²) in [5, 5.41) is 16.2. The van der Waals surface area contributed by atoms with E-state index in [-0.39, 0.29) is 5.78 Å². The maximum atomic E-state index is 10.5. The van der Waals surface area contributed by atoms with Crippen molar-refractivity contribution in [2.24, 2.45) is 0 Å². The number of anilines is 2. The maximum absolute atomic E-state index is 10.5. The van der Waals surface area contributed by atoms with Gasteiger partial charge in [0.1, 0.15) is 5.69 Å². The van der Waals surface area contributed by atoms with Gasteiger partial charge in [0, 0.05) is 12.3 Å². The summed E-state index contributed by atoms with van der Waals surface area (Å²) < 4.78 is 4.85. The summed E-state index contributed by atoms with van der Waals surface area (Å²) in [5.41, 5.74) is 5.73. The Labute approximate surface area is 125 Å². The molecule has 0 amide bonds. The summed E-state index contributed by atoms with van der Waals surface area (Å²) >= 11 is 2.67. The van der Waals surface area contributed by atoms with E-state index in [0.717, 1.165) is 0 Å². The van der Waals surface area contributed by atoms with E-state index in [0.29, 0.717) is 21.8 Å². The van der Waals surface area contributed by atoms with Crippen LogP contribution in [0.15, 0.2) is 10.8 Å². The van der Waals surface area contributed by atoms with Crippen LogP contribution in [-0.2, 0) is 0 Å². The molecule has 0 saturated carbocycles. The Kier molecular flexibility index (Phi) is 6.42. The van der Waals surface area contributed by atoms with Crippen molar-refractivity contribution in [3.8, 4) is 5.88 Å². The first-order chi connectivity index (χ1) is 9.42. The average molecular weight is 314 g/mol. The molecule has 0 aliphatic heterocycles. The number of methoxy groups -OCH3 is 1. The molecule has 4 N–H and O–H groups in total. The molecule has 10 heteroatoms. The molecular formula is C10H15BN4O3S2. The van der Waals surface area contributed by atoms with Gasteiger partial charge in [0.2, 0.25) is 5.88 Å². The van der Waals surface area contributed by atoms with Gasteiger partial charge in [-0.3, -0.25) is 4.79 Å². The van der Waals surface area contributed by atoms with E-state index in [9.17, 15) is 4.79 Å². The van der Waals surface area contributed by atoms with Gasteiger partial charge >= 0.3 is 7.05 Å². The Morgan fingerprint density at radius 3 is 2.50 bits per heavy atom. The van der Waals surface area contributed by atoms with Crippen LogP contribution in [0.3, 0.4) is 0 Å². The molecule has 0 radical (unpaired) electrons. The molecule has 2 heterocycles. The lowest BCUT2D eigenvalue weighted by molar-refractivity contribution is 0.101. The Bertz CT molecular complexity index is 558. The third-order valence-corrected chi connectivity index (χ3v) is 3.33. The number of nitrogens with one attached hydrogen (secondary N) is 1. The van der Waals surface area contributed by atoms with Gasteiger partial charge in [0.15, 0.2) is 16.0 Å². The molecule has 108 valence electrons. The fraction of sp³-hybridized carbons (Fsp3) is 0.300. The third kappa shape index (κ3) is 5.55. The number of nitrogen functional groups attached to an aromatic ring is 1. The van der Waals surface area contributed by atoms with Crippen molar-refractivity contribution >= 4 is 45.8 Å². The van der Waals surface area contributed by atoms with Crippen LogP contribution in [0.5, 0.6) is 5.88 Å². The number of nitrogens with zero attached hydrogens (tertiary/aromatic N) is 2. The van der Waals surface area contributed by atoms with Gasteiger partial charge in [0.05, 0.1) is 12.5 Å². The molecule has 0 aliphatic carbocycles. The first-order valence-electron chi connectivity index (χ1n) is 5.58. The number of thiazole rings is 2. The molecule has 0 fully saturated rings. The first kappa shape index (κ1) is 16.4. The molecule has 0 bridgehead atoms. The van der Waals surface area contributed by atoms with Crippen molar-refractivity contribution in [2.75, 3.05) is 18.1 Å². The lowest BCUT2D eigenvalue weighted by Crippen LogP contribution is -2.19. The van der Waals surface area contributed by atoms with Crippen molar-refractivity contribution in [3.05, 3.63) is 16.5 Å². The number of ether oxygens (including phenoxy) is 1. The zero-order chi connectivity index (χ0) is 15.1. The monoisotopic (exact) mass is 314 g/mol. The highest BCUT2D eigenvalue weighted by atomic mass is 32.1. The quantitative estimate of drug-likeness (QED) is 0.580. The summed E-state index contributed by atoms with van der Waals surface area (Å²) in [6.45, 7) is 3.10. The maximum Gasteiger partial charge on any atom is 0.408 e. The number of aromatic nitrogens is 2. The lowest BCUT2D eigenvalue weighted by atomic mass is 9.90. The predicted molar refractivity (Wildman–Crippen MR) is 82.7 cm³/mol. The number of rotatable bonds is 4. The van der Waals surface area contributed by atoms with E-state index in [1.165, 1.54) is 29.6 Å². The predicted octanol–water partition coefficient (Wildman–Crippen LogP) is 1.60. The zero-order valence-corrected chi connectivity index (χ0v) is 12.9. The fourth-order valence-electron chi connectivity index (χ4n) is 1.05. The first-order valence-corrected chi connectivity index (χ1v) is 7.34. The van der Waals surface area contributed by atoms with Gasteiger partial charge in [-0.2, -0.15) is 4.98 Å². The van der Waals surface area contributed by atoms with Crippen LogP contribution in [0, 0.1) is 0 Å². The van der Waals surface area contributed by atoms with Crippen LogP contribution in [0.4, 0.5) is 10.3 Å². The van der Waals surface area contributed by atoms with E-state index in [1.54, 1.807) is 24.7 Å². The Hall–Kier alpha value is -1.65. The highest BCUT2D eigenvalue weighted by molar-refractivity contribution is 7.14. The van der Waals surface area contributed by atoms with E-state index < -0.39 is 7.05 Å². The van der Waals surface area contributed by atoms with Gasteiger partial charge in [-0.25, -0.2) is 4.98 Å². The van der Waals surface area contributed by atoms with Gasteiger partial charge in [-0.1, -0.05) is 0 Å². The van der Waals surface area contributed by atoms with Crippen LogP contribution in [-0.4, -0.2) is 34.9 Å². The largest absolute Gasteiger partial charge is 0.480 e. The summed E-state index contributed by atoms with van der Waals surface area (Å²) in [4.78, 5) is 18.3. The van der Waals surface area contributed by atoms with E-state index in [4.69, 9.17) is 15.5 Å². The number of nitrogens with two attached hydrogens (primary N) is 1. The van der Waals surface area contributed by atoms with E-state index in [2.05, 4.69) is 15.2 Å². The third-order valence-electron chi connectivity index (χ3n) is 1.91. The van der Waals surface area contributed by atoms with Crippen LogP contribution in [0.2, 0.25) is 6.82 Å². The molecule has 0 atom stereocenters. The zero-order valence-electron chi connectivity index (χ0n) is 11.3. The summed E-state index contributed by atoms with van der Waals surface area (Å²) in [7, 11) is 0.979. The van der Waals surface area contributed by atoms with Gasteiger partial charge < -0.3 is 20.7 Å². The molecule has 2 aromatic heterocycles. The molecule has 0 unspecified atom stereocenters. The number of hydrogen-bond acceptors (Lipinski definition) is 9. The van der Waals surface area contributed by atoms with Crippen molar-refractivity contribution in [1.29, 1.82) is 0 Å². The molecular weight excluding hydrogens is 299 g/mol. The van der Waals surface area contributed by atoms with Crippen LogP contribution in [0.25, 0.3) is 0 Å².